The minimum Gasteiger partial charge on any atom is -0.393 e. The van der Waals surface area contributed by atoms with E-state index in [4.69, 9.17) is 0 Å². The van der Waals surface area contributed by atoms with Crippen LogP contribution in [0, 0.1) is 40.4 Å². The molecule has 120 valence electrons. The van der Waals surface area contributed by atoms with E-state index in [2.05, 4.69) is 20.8 Å². The Morgan fingerprint density at radius 1 is 0.857 bits per heavy atom. The predicted molar refractivity (Wildman–Crippen MR) is 86.9 cm³/mol. The van der Waals surface area contributed by atoms with E-state index in [-0.39, 0.29) is 11.5 Å². The van der Waals surface area contributed by atoms with Crippen molar-refractivity contribution in [1.29, 1.82) is 0 Å². The summed E-state index contributed by atoms with van der Waals surface area (Å²) in [5, 5.41) is 10.6. The third-order valence-corrected chi connectivity index (χ3v) is 8.89. The number of aliphatic hydroxyl groups is 1. The molecule has 1 N–H and O–H groups in total. The maximum atomic E-state index is 10.6. The van der Waals surface area contributed by atoms with Gasteiger partial charge in [-0.15, -0.1) is 0 Å². The van der Waals surface area contributed by atoms with Crippen molar-refractivity contribution in [3.8, 4) is 0 Å². The minimum absolute atomic E-state index is 0.0208. The van der Waals surface area contributed by atoms with Crippen LogP contribution < -0.4 is 0 Å². The van der Waals surface area contributed by atoms with Gasteiger partial charge in [-0.25, -0.2) is 0 Å². The lowest BCUT2D eigenvalue weighted by atomic mass is 9.43. The van der Waals surface area contributed by atoms with Crippen LogP contribution in [0.5, 0.6) is 0 Å². The van der Waals surface area contributed by atoms with E-state index < -0.39 is 0 Å². The maximum Gasteiger partial charge on any atom is 0.0596 e. The van der Waals surface area contributed by atoms with Crippen molar-refractivity contribution in [3.05, 3.63) is 0 Å². The molecular formula is C20H34O. The molecule has 21 heavy (non-hydrogen) atoms. The maximum absolute atomic E-state index is 10.6. The zero-order chi connectivity index (χ0) is 14.8. The summed E-state index contributed by atoms with van der Waals surface area (Å²) in [7, 11) is 0. The fraction of sp³-hybridized carbons (Fsp3) is 1.00. The highest BCUT2D eigenvalue weighted by Gasteiger charge is 2.61. The Hall–Kier alpha value is -0.0400. The van der Waals surface area contributed by atoms with Gasteiger partial charge >= 0.3 is 0 Å². The molecule has 0 saturated heterocycles. The van der Waals surface area contributed by atoms with Crippen molar-refractivity contribution < 1.29 is 5.11 Å². The van der Waals surface area contributed by atoms with Gasteiger partial charge in [0.05, 0.1) is 6.10 Å². The molecule has 0 aromatic heterocycles. The predicted octanol–water partition coefficient (Wildman–Crippen LogP) is 5.03. The van der Waals surface area contributed by atoms with Crippen LogP contribution in [0.4, 0.5) is 0 Å². The number of hydrogen-bond acceptors (Lipinski definition) is 1. The number of hydrogen-bond donors (Lipinski definition) is 1. The summed E-state index contributed by atoms with van der Waals surface area (Å²) in [6.45, 7) is 7.60. The minimum atomic E-state index is -0.0208. The molecule has 4 aliphatic carbocycles. The SMILES string of the molecule is C[C@@H]1CC2CCCC[C@]2(C)C2CC[C@@]3(C)C(CC[C@@H]3O)[C@@H]21. The first-order valence-electron chi connectivity index (χ1n) is 9.65. The Kier molecular flexibility index (Phi) is 3.27. The first-order chi connectivity index (χ1) is 9.97. The molecule has 0 heterocycles. The summed E-state index contributed by atoms with van der Waals surface area (Å²) in [5.74, 6) is 4.55. The first kappa shape index (κ1) is 14.5. The van der Waals surface area contributed by atoms with Gasteiger partial charge in [0.25, 0.3) is 0 Å². The zero-order valence-electron chi connectivity index (χ0n) is 14.3. The van der Waals surface area contributed by atoms with Gasteiger partial charge in [0.2, 0.25) is 0 Å². The Morgan fingerprint density at radius 2 is 1.62 bits per heavy atom. The molecule has 1 nitrogen and oxygen atoms in total. The Balaban J connectivity index is 1.69. The van der Waals surface area contributed by atoms with Crippen LogP contribution in [0.2, 0.25) is 0 Å². The van der Waals surface area contributed by atoms with Crippen LogP contribution in [0.25, 0.3) is 0 Å². The second-order valence-electron chi connectivity index (χ2n) is 9.59. The molecule has 4 rings (SSSR count). The first-order valence-corrected chi connectivity index (χ1v) is 9.65. The quantitative estimate of drug-likeness (QED) is 0.663. The zero-order valence-corrected chi connectivity index (χ0v) is 14.3. The van der Waals surface area contributed by atoms with Crippen LogP contribution in [-0.2, 0) is 0 Å². The highest BCUT2D eigenvalue weighted by atomic mass is 16.3. The van der Waals surface area contributed by atoms with Gasteiger partial charge in [-0.2, -0.15) is 0 Å². The summed E-state index contributed by atoms with van der Waals surface area (Å²) in [5.41, 5.74) is 0.873. The summed E-state index contributed by atoms with van der Waals surface area (Å²) in [6, 6.07) is 0. The van der Waals surface area contributed by atoms with E-state index in [1.807, 2.05) is 0 Å². The third-order valence-electron chi connectivity index (χ3n) is 8.89. The normalized spacial score (nSPS) is 60.0. The average Bonchev–Trinajstić information content (AvgIpc) is 2.76. The summed E-state index contributed by atoms with van der Waals surface area (Å²) < 4.78 is 0. The van der Waals surface area contributed by atoms with E-state index in [0.29, 0.717) is 5.41 Å². The Bertz CT molecular complexity index is 418. The van der Waals surface area contributed by atoms with Crippen LogP contribution in [0.1, 0.15) is 78.6 Å². The second-order valence-corrected chi connectivity index (χ2v) is 9.59. The summed E-state index contributed by atoms with van der Waals surface area (Å²) in [6.07, 6.45) is 12.4. The molecule has 4 fully saturated rings. The monoisotopic (exact) mass is 290 g/mol. The molecule has 0 amide bonds. The van der Waals surface area contributed by atoms with Crippen molar-refractivity contribution in [3.63, 3.8) is 0 Å². The Morgan fingerprint density at radius 3 is 2.43 bits per heavy atom. The van der Waals surface area contributed by atoms with Crippen LogP contribution >= 0.6 is 0 Å². The molecule has 0 spiro atoms. The highest BCUT2D eigenvalue weighted by Crippen LogP contribution is 2.67. The molecule has 0 aromatic rings. The van der Waals surface area contributed by atoms with Gasteiger partial charge in [0, 0.05) is 0 Å². The smallest absolute Gasteiger partial charge is 0.0596 e. The molecule has 0 aliphatic heterocycles. The molecule has 3 unspecified atom stereocenters. The molecular weight excluding hydrogens is 256 g/mol. The van der Waals surface area contributed by atoms with Crippen LogP contribution in [-0.4, -0.2) is 11.2 Å². The van der Waals surface area contributed by atoms with E-state index in [9.17, 15) is 5.11 Å². The highest BCUT2D eigenvalue weighted by molar-refractivity contribution is 5.10. The molecule has 4 saturated carbocycles. The van der Waals surface area contributed by atoms with Gasteiger partial charge in [-0.1, -0.05) is 33.6 Å². The van der Waals surface area contributed by atoms with Crippen molar-refractivity contribution in [2.24, 2.45) is 40.4 Å². The average molecular weight is 290 g/mol. The fourth-order valence-corrected chi connectivity index (χ4v) is 7.64. The lowest BCUT2D eigenvalue weighted by molar-refractivity contribution is -0.142. The molecule has 4 aliphatic rings. The lowest BCUT2D eigenvalue weighted by Gasteiger charge is -2.62. The molecule has 0 bridgehead atoms. The fourth-order valence-electron chi connectivity index (χ4n) is 7.64. The summed E-state index contributed by atoms with van der Waals surface area (Å²) >= 11 is 0. The van der Waals surface area contributed by atoms with E-state index in [1.165, 1.54) is 51.4 Å². The largest absolute Gasteiger partial charge is 0.393 e. The molecule has 0 aromatic carbocycles. The van der Waals surface area contributed by atoms with Gasteiger partial charge < -0.3 is 5.11 Å². The van der Waals surface area contributed by atoms with Gasteiger partial charge in [-0.05, 0) is 85.4 Å². The van der Waals surface area contributed by atoms with Gasteiger partial charge in [-0.3, -0.25) is 0 Å². The number of fused-ring (bicyclic) bond motifs is 5. The van der Waals surface area contributed by atoms with Gasteiger partial charge in [0.15, 0.2) is 0 Å². The van der Waals surface area contributed by atoms with Crippen LogP contribution in [0.3, 0.4) is 0 Å². The molecule has 8 atom stereocenters. The topological polar surface area (TPSA) is 20.2 Å². The van der Waals surface area contributed by atoms with E-state index in [0.717, 1.165) is 36.0 Å². The lowest BCUT2D eigenvalue weighted by Crippen LogP contribution is -2.55. The number of rotatable bonds is 0. The second kappa shape index (κ2) is 4.73. The van der Waals surface area contributed by atoms with Crippen molar-refractivity contribution >= 4 is 0 Å². The molecule has 0 radical (unpaired) electrons. The summed E-state index contributed by atoms with van der Waals surface area (Å²) in [4.78, 5) is 0. The van der Waals surface area contributed by atoms with E-state index in [1.54, 1.807) is 0 Å². The third kappa shape index (κ3) is 1.85. The number of aliphatic hydroxyl groups excluding tert-OH is 1. The van der Waals surface area contributed by atoms with Crippen molar-refractivity contribution in [1.82, 2.24) is 0 Å². The van der Waals surface area contributed by atoms with Gasteiger partial charge in [0.1, 0.15) is 0 Å². The standard InChI is InChI=1S/C20H34O/c1-13-12-14-6-4-5-10-19(14,2)16-9-11-20(3)15(18(13)16)7-8-17(20)21/h13-18,21H,4-12H2,1-3H3/t13-,14?,15?,16?,17+,18+,19+,20+/m1/s1. The molecule has 1 heteroatoms. The van der Waals surface area contributed by atoms with E-state index >= 15 is 0 Å². The van der Waals surface area contributed by atoms with Crippen LogP contribution in [0.15, 0.2) is 0 Å². The van der Waals surface area contributed by atoms with Crippen molar-refractivity contribution in [2.45, 2.75) is 84.7 Å². The van der Waals surface area contributed by atoms with Crippen molar-refractivity contribution in [2.75, 3.05) is 0 Å². The Labute approximate surface area is 130 Å².